The summed E-state index contributed by atoms with van der Waals surface area (Å²) in [7, 11) is 0. The molecule has 34 heavy (non-hydrogen) atoms. The van der Waals surface area contributed by atoms with Crippen LogP contribution >= 0.6 is 11.8 Å². The minimum Gasteiger partial charge on any atom is -0.341 e. The summed E-state index contributed by atoms with van der Waals surface area (Å²) in [5.41, 5.74) is 8.26. The molecular weight excluding hydrogens is 440 g/mol. The first-order chi connectivity index (χ1) is 15.9. The first kappa shape index (κ1) is 25.0. The Morgan fingerprint density at radius 3 is 2.03 bits per heavy atom. The number of hydrogen-bond donors (Lipinski definition) is 0. The average Bonchev–Trinajstić information content (AvgIpc) is 3.18. The van der Waals surface area contributed by atoms with E-state index in [1.54, 1.807) is 11.8 Å². The number of likely N-dealkylation sites (tertiary alicyclic amines) is 1. The molecule has 1 atom stereocenters. The van der Waals surface area contributed by atoms with Crippen LogP contribution < -0.4 is 0 Å². The molecule has 182 valence electrons. The van der Waals surface area contributed by atoms with Gasteiger partial charge in [0, 0.05) is 18.8 Å². The Kier molecular flexibility index (Phi) is 7.56. The molecule has 0 radical (unpaired) electrons. The van der Waals surface area contributed by atoms with Crippen molar-refractivity contribution in [2.45, 2.75) is 65.5 Å². The number of thioether (sulfide) groups is 1. The molecule has 2 heterocycles. The number of fused-ring (bicyclic) bond motifs is 2. The number of carbonyl (C=O) groups excluding carboxylic acids is 1. The number of hydroxylamine groups is 2. The Balaban J connectivity index is 0.00000274. The predicted molar refractivity (Wildman–Crippen MR) is 143 cm³/mol. The second-order valence-corrected chi connectivity index (χ2v) is 11.3. The van der Waals surface area contributed by atoms with Gasteiger partial charge in [-0.2, -0.15) is 5.06 Å². The highest BCUT2D eigenvalue weighted by molar-refractivity contribution is 7.99. The van der Waals surface area contributed by atoms with Crippen LogP contribution in [0.1, 0.15) is 63.3 Å². The van der Waals surface area contributed by atoms with Crippen molar-refractivity contribution in [1.82, 2.24) is 9.96 Å². The van der Waals surface area contributed by atoms with Gasteiger partial charge in [0.15, 0.2) is 0 Å². The third-order valence-corrected chi connectivity index (χ3v) is 7.78. The fourth-order valence-electron chi connectivity index (χ4n) is 5.28. The second kappa shape index (κ2) is 10.3. The van der Waals surface area contributed by atoms with Crippen molar-refractivity contribution in [1.29, 1.82) is 0 Å². The summed E-state index contributed by atoms with van der Waals surface area (Å²) in [5.74, 6) is 1.78. The smallest absolute Gasteiger partial charge is 0.243 e. The van der Waals surface area contributed by atoms with Gasteiger partial charge < -0.3 is 4.90 Å². The van der Waals surface area contributed by atoms with E-state index in [9.17, 15) is 4.79 Å². The van der Waals surface area contributed by atoms with E-state index in [1.807, 2.05) is 25.8 Å². The van der Waals surface area contributed by atoms with Crippen molar-refractivity contribution in [3.8, 4) is 0 Å². The molecule has 2 fully saturated rings. The molecule has 5 heteroatoms. The van der Waals surface area contributed by atoms with Crippen LogP contribution in [0.5, 0.6) is 0 Å². The van der Waals surface area contributed by atoms with E-state index in [-0.39, 0.29) is 25.0 Å². The largest absolute Gasteiger partial charge is 0.341 e. The lowest BCUT2D eigenvalue weighted by Gasteiger charge is -2.35. The molecule has 2 saturated heterocycles. The number of aryl methyl sites for hydroxylation is 2. The van der Waals surface area contributed by atoms with Crippen LogP contribution in [0, 0.1) is 0 Å². The highest BCUT2D eigenvalue weighted by Crippen LogP contribution is 2.39. The molecule has 2 aliphatic heterocycles. The molecule has 4 nitrogen and oxygen atoms in total. The molecule has 1 aliphatic carbocycles. The van der Waals surface area contributed by atoms with Crippen molar-refractivity contribution in [3.05, 3.63) is 76.4 Å². The van der Waals surface area contributed by atoms with Gasteiger partial charge in [0.25, 0.3) is 0 Å². The summed E-state index contributed by atoms with van der Waals surface area (Å²) in [6.45, 7) is 7.69. The standard InChI is InChI=1S/C28H34N2O2S.CH4/c1-28(2,3)32-30-19-33-18-25(30)27(31)29-16-14-22(15-17-29)26-23-10-6-4-8-20(23)12-13-21-9-5-7-11-24(21)26;/h4-11,25H,12-19H2,1-3H3;1H4/t25-;/m0./s1. The summed E-state index contributed by atoms with van der Waals surface area (Å²) in [5, 5.41) is 1.90. The van der Waals surface area contributed by atoms with Crippen LogP contribution in [0.4, 0.5) is 0 Å². The van der Waals surface area contributed by atoms with Gasteiger partial charge in [-0.1, -0.05) is 61.5 Å². The SMILES string of the molecule is C.CC(C)(C)ON1CSC[C@H]1C(=O)N1CCC(=C2c3ccccc3CCc3ccccc32)CC1. The number of benzene rings is 2. The fraction of sp³-hybridized carbons (Fsp3) is 0.483. The second-order valence-electron chi connectivity index (χ2n) is 10.3. The molecule has 0 N–H and O–H groups in total. The third kappa shape index (κ3) is 5.12. The maximum absolute atomic E-state index is 13.4. The van der Waals surface area contributed by atoms with Crippen LogP contribution in [0.2, 0.25) is 0 Å². The average molecular weight is 479 g/mol. The zero-order valence-corrected chi connectivity index (χ0v) is 20.8. The lowest BCUT2D eigenvalue weighted by molar-refractivity contribution is -0.232. The maximum Gasteiger partial charge on any atom is 0.243 e. The Morgan fingerprint density at radius 2 is 1.47 bits per heavy atom. The summed E-state index contributed by atoms with van der Waals surface area (Å²) in [4.78, 5) is 21.6. The number of nitrogens with zero attached hydrogens (tertiary/aromatic N) is 2. The Bertz CT molecular complexity index is 1010. The van der Waals surface area contributed by atoms with Gasteiger partial charge in [0.2, 0.25) is 5.91 Å². The molecule has 0 spiro atoms. The highest BCUT2D eigenvalue weighted by Gasteiger charge is 2.38. The van der Waals surface area contributed by atoms with Crippen LogP contribution in [0.25, 0.3) is 5.57 Å². The number of piperidine rings is 1. The normalized spacial score (nSPS) is 20.9. The zero-order chi connectivity index (χ0) is 23.0. The van der Waals surface area contributed by atoms with Crippen molar-refractivity contribution in [2.75, 3.05) is 24.7 Å². The molecule has 1 amide bonds. The molecule has 0 aromatic heterocycles. The lowest BCUT2D eigenvalue weighted by Crippen LogP contribution is -2.50. The molecular formula is C29H38N2O2S. The van der Waals surface area contributed by atoms with E-state index >= 15 is 0 Å². The van der Waals surface area contributed by atoms with Gasteiger partial charge in [-0.25, -0.2) is 0 Å². The van der Waals surface area contributed by atoms with Gasteiger partial charge in [-0.15, -0.1) is 11.8 Å². The Labute approximate surface area is 209 Å². The van der Waals surface area contributed by atoms with Crippen molar-refractivity contribution >= 4 is 23.2 Å². The Morgan fingerprint density at radius 1 is 0.912 bits per heavy atom. The molecule has 0 bridgehead atoms. The zero-order valence-electron chi connectivity index (χ0n) is 20.0. The van der Waals surface area contributed by atoms with Crippen LogP contribution in [0.3, 0.4) is 0 Å². The number of carbonyl (C=O) groups is 1. The van der Waals surface area contributed by atoms with Gasteiger partial charge in [0.1, 0.15) is 6.04 Å². The van der Waals surface area contributed by atoms with E-state index in [1.165, 1.54) is 33.4 Å². The van der Waals surface area contributed by atoms with Crippen molar-refractivity contribution < 1.29 is 9.63 Å². The number of hydrogen-bond acceptors (Lipinski definition) is 4. The van der Waals surface area contributed by atoms with Crippen molar-refractivity contribution in [2.24, 2.45) is 0 Å². The number of rotatable bonds is 2. The molecule has 0 unspecified atom stereocenters. The van der Waals surface area contributed by atoms with E-state index < -0.39 is 0 Å². The molecule has 2 aromatic rings. The van der Waals surface area contributed by atoms with Crippen molar-refractivity contribution in [3.63, 3.8) is 0 Å². The van der Waals surface area contributed by atoms with Crippen LogP contribution in [-0.4, -0.2) is 52.2 Å². The number of amides is 1. The molecule has 3 aliphatic rings. The predicted octanol–water partition coefficient (Wildman–Crippen LogP) is 5.95. The topological polar surface area (TPSA) is 32.8 Å². The molecule has 0 saturated carbocycles. The summed E-state index contributed by atoms with van der Waals surface area (Å²) in [6, 6.07) is 17.6. The fourth-order valence-corrected chi connectivity index (χ4v) is 6.33. The Hall–Kier alpha value is -2.08. The van der Waals surface area contributed by atoms with E-state index in [4.69, 9.17) is 4.84 Å². The van der Waals surface area contributed by atoms with Gasteiger partial charge in [0.05, 0.1) is 11.5 Å². The lowest BCUT2D eigenvalue weighted by atomic mass is 9.86. The van der Waals surface area contributed by atoms with Gasteiger partial charge in [-0.05, 0) is 74.3 Å². The van der Waals surface area contributed by atoms with Gasteiger partial charge in [-0.3, -0.25) is 9.63 Å². The minimum atomic E-state index is -0.289. The van der Waals surface area contributed by atoms with E-state index in [2.05, 4.69) is 53.4 Å². The highest BCUT2D eigenvalue weighted by atomic mass is 32.2. The molecule has 2 aromatic carbocycles. The minimum absolute atomic E-state index is 0. The van der Waals surface area contributed by atoms with Gasteiger partial charge >= 0.3 is 0 Å². The van der Waals surface area contributed by atoms with E-state index in [0.29, 0.717) is 0 Å². The van der Waals surface area contributed by atoms with E-state index in [0.717, 1.165) is 50.4 Å². The first-order valence-electron chi connectivity index (χ1n) is 12.1. The van der Waals surface area contributed by atoms with Crippen LogP contribution in [0.15, 0.2) is 54.1 Å². The molecule has 5 rings (SSSR count). The monoisotopic (exact) mass is 478 g/mol. The maximum atomic E-state index is 13.4. The van der Waals surface area contributed by atoms with Crippen LogP contribution in [-0.2, 0) is 22.5 Å². The third-order valence-electron chi connectivity index (χ3n) is 6.79. The quantitative estimate of drug-likeness (QED) is 0.534. The summed E-state index contributed by atoms with van der Waals surface area (Å²) in [6.07, 6.45) is 4.03. The summed E-state index contributed by atoms with van der Waals surface area (Å²) >= 11 is 1.78. The first-order valence-corrected chi connectivity index (χ1v) is 13.3. The summed E-state index contributed by atoms with van der Waals surface area (Å²) < 4.78 is 0.